The molecule has 0 saturated heterocycles. The van der Waals surface area contributed by atoms with Gasteiger partial charge in [-0.05, 0) is 12.1 Å². The summed E-state index contributed by atoms with van der Waals surface area (Å²) in [6, 6.07) is 13.6. The van der Waals surface area contributed by atoms with Crippen molar-refractivity contribution in [1.29, 1.82) is 0 Å². The van der Waals surface area contributed by atoms with Gasteiger partial charge in [0.05, 0.1) is 0 Å². The minimum atomic E-state index is -0.0617. The van der Waals surface area contributed by atoms with Crippen molar-refractivity contribution in [2.45, 2.75) is 19.0 Å². The molecule has 2 aliphatic rings. The van der Waals surface area contributed by atoms with Crippen LogP contribution in [0, 0.1) is 18.3 Å². The topological polar surface area (TPSA) is 0 Å². The first kappa shape index (κ1) is 21.5. The van der Waals surface area contributed by atoms with Crippen molar-refractivity contribution in [1.82, 2.24) is 0 Å². The van der Waals surface area contributed by atoms with E-state index in [1.807, 2.05) is 0 Å². The van der Waals surface area contributed by atoms with Crippen molar-refractivity contribution >= 4 is 24.0 Å². The molecule has 0 aliphatic heterocycles. The van der Waals surface area contributed by atoms with Gasteiger partial charge in [0.1, 0.15) is 0 Å². The van der Waals surface area contributed by atoms with E-state index in [0.29, 0.717) is 5.92 Å². The molecule has 0 nitrogen and oxygen atoms in total. The Labute approximate surface area is 163 Å². The SMILES string of the molecule is CCP(c1cc2ccccc2[cH-]1)C1[CH-]C2C=CC=CC2C1.[F-].[F-].[Hf+4]. The van der Waals surface area contributed by atoms with Crippen LogP contribution in [0.5, 0.6) is 0 Å². The van der Waals surface area contributed by atoms with Crippen molar-refractivity contribution in [2.75, 3.05) is 6.16 Å². The standard InChI is InChI=1S/C20H21P.2FH.Hf/c1-2-21(19-11-15-7-3-4-8-16(15)12-19)20-13-17-9-5-6-10-18(17)14-20;;;/h3-13,17-18,20H,2,14H2,1H3;2*1H;/q-2;;;+4/p-2. The molecule has 0 N–H and O–H groups in total. The molecule has 0 spiro atoms. The molecule has 0 bridgehead atoms. The molecule has 2 aromatic rings. The first-order valence-electron chi connectivity index (χ1n) is 7.97. The number of rotatable bonds is 3. The van der Waals surface area contributed by atoms with E-state index in [0.717, 1.165) is 11.6 Å². The summed E-state index contributed by atoms with van der Waals surface area (Å²) in [4.78, 5) is 0. The third-order valence-electron chi connectivity index (χ3n) is 4.93. The molecule has 1 fully saturated rings. The van der Waals surface area contributed by atoms with Gasteiger partial charge in [0.15, 0.2) is 0 Å². The molecule has 4 heteroatoms. The van der Waals surface area contributed by atoms with Gasteiger partial charge in [-0.2, -0.15) is 6.07 Å². The van der Waals surface area contributed by atoms with E-state index in [1.165, 1.54) is 23.4 Å². The van der Waals surface area contributed by atoms with Crippen LogP contribution < -0.4 is 14.7 Å². The molecule has 1 saturated carbocycles. The minimum Gasteiger partial charge on any atom is -1.00 e. The molecule has 0 radical (unpaired) electrons. The number of fused-ring (bicyclic) bond motifs is 2. The van der Waals surface area contributed by atoms with Gasteiger partial charge in [0.25, 0.3) is 0 Å². The normalized spacial score (nSPS) is 25.3. The molecule has 2 aliphatic carbocycles. The molecule has 0 heterocycles. The first-order valence-corrected chi connectivity index (χ1v) is 9.57. The first-order chi connectivity index (χ1) is 10.3. The molecule has 4 rings (SSSR count). The van der Waals surface area contributed by atoms with Crippen molar-refractivity contribution in [3.8, 4) is 0 Å². The van der Waals surface area contributed by atoms with Crippen LogP contribution in [0.3, 0.4) is 0 Å². The van der Waals surface area contributed by atoms with Crippen LogP contribution in [0.2, 0.25) is 0 Å². The average Bonchev–Trinajstić information content (AvgIpc) is 3.11. The number of benzene rings is 1. The maximum atomic E-state index is 2.64. The predicted molar refractivity (Wildman–Crippen MR) is 94.6 cm³/mol. The van der Waals surface area contributed by atoms with Gasteiger partial charge in [-0.25, -0.2) is 0 Å². The summed E-state index contributed by atoms with van der Waals surface area (Å²) in [5.74, 6) is 1.43. The van der Waals surface area contributed by atoms with Crippen LogP contribution in [0.1, 0.15) is 13.3 Å². The van der Waals surface area contributed by atoms with Crippen LogP contribution in [-0.2, 0) is 25.8 Å². The van der Waals surface area contributed by atoms with Crippen LogP contribution in [0.25, 0.3) is 10.8 Å². The molecule has 0 aromatic heterocycles. The van der Waals surface area contributed by atoms with Gasteiger partial charge in [0.2, 0.25) is 0 Å². The maximum Gasteiger partial charge on any atom is 4.00 e. The van der Waals surface area contributed by atoms with Crippen LogP contribution in [0.4, 0.5) is 0 Å². The minimum absolute atomic E-state index is 0. The average molecular weight is 509 g/mol. The van der Waals surface area contributed by atoms with Crippen LogP contribution >= 0.6 is 7.92 Å². The Kier molecular flexibility index (Phi) is 8.29. The third-order valence-corrected chi connectivity index (χ3v) is 7.72. The Morgan fingerprint density at radius 3 is 2.58 bits per heavy atom. The Morgan fingerprint density at radius 2 is 1.88 bits per heavy atom. The summed E-state index contributed by atoms with van der Waals surface area (Å²) in [6.45, 7) is 2.37. The number of hydrogen-bond donors (Lipinski definition) is 0. The van der Waals surface area contributed by atoms with E-state index >= 15 is 0 Å². The fraction of sp³-hybridized carbons (Fsp3) is 0.300. The third kappa shape index (κ3) is 3.99. The summed E-state index contributed by atoms with van der Waals surface area (Å²) < 4.78 is 0. The van der Waals surface area contributed by atoms with Gasteiger partial charge in [0, 0.05) is 0 Å². The molecule has 0 amide bonds. The molecular weight excluding hydrogens is 488 g/mol. The zero-order chi connectivity index (χ0) is 14.2. The maximum absolute atomic E-state index is 2.64. The Balaban J connectivity index is 0.000000960. The largest absolute Gasteiger partial charge is 4.00 e. The zero-order valence-corrected chi connectivity index (χ0v) is 18.2. The van der Waals surface area contributed by atoms with E-state index in [4.69, 9.17) is 0 Å². The van der Waals surface area contributed by atoms with Gasteiger partial charge < -0.3 is 15.8 Å². The zero-order valence-electron chi connectivity index (χ0n) is 13.7. The quantitative estimate of drug-likeness (QED) is 0.284. The van der Waals surface area contributed by atoms with Gasteiger partial charge in [-0.1, -0.05) is 37.6 Å². The molecule has 2 aromatic carbocycles. The van der Waals surface area contributed by atoms with Crippen molar-refractivity contribution in [3.63, 3.8) is 0 Å². The number of allylic oxidation sites excluding steroid dienone is 4. The molecule has 124 valence electrons. The molecule has 4 atom stereocenters. The molecule has 4 unspecified atom stereocenters. The summed E-state index contributed by atoms with van der Waals surface area (Å²) in [7, 11) is -0.0617. The fourth-order valence-corrected chi connectivity index (χ4v) is 6.60. The Morgan fingerprint density at radius 1 is 1.12 bits per heavy atom. The summed E-state index contributed by atoms with van der Waals surface area (Å²) in [5.41, 5.74) is 0.782. The van der Waals surface area contributed by atoms with Crippen LogP contribution in [0.15, 0.2) is 60.7 Å². The monoisotopic (exact) mass is 510 g/mol. The van der Waals surface area contributed by atoms with E-state index in [9.17, 15) is 0 Å². The second-order valence-electron chi connectivity index (χ2n) is 6.13. The fourth-order valence-electron chi connectivity index (χ4n) is 3.87. The van der Waals surface area contributed by atoms with Gasteiger partial charge in [-0.3, -0.25) is 0 Å². The van der Waals surface area contributed by atoms with Crippen LogP contribution in [-0.4, -0.2) is 11.8 Å². The van der Waals surface area contributed by atoms with E-state index in [2.05, 4.69) is 74.0 Å². The second-order valence-corrected chi connectivity index (χ2v) is 8.89. The summed E-state index contributed by atoms with van der Waals surface area (Å²) in [6.07, 6.45) is 14.5. The van der Waals surface area contributed by atoms with E-state index in [-0.39, 0.29) is 43.2 Å². The predicted octanol–water partition coefficient (Wildman–Crippen LogP) is -0.974. The molecule has 24 heavy (non-hydrogen) atoms. The summed E-state index contributed by atoms with van der Waals surface area (Å²) >= 11 is 0. The van der Waals surface area contributed by atoms with Crippen molar-refractivity contribution in [3.05, 3.63) is 67.1 Å². The van der Waals surface area contributed by atoms with Gasteiger partial charge >= 0.3 is 25.8 Å². The van der Waals surface area contributed by atoms with Gasteiger partial charge in [-0.15, -0.1) is 65.9 Å². The number of halogens is 2. The Bertz CT molecular complexity index is 653. The molecular formula is C20H21F2HfP. The second kappa shape index (κ2) is 9.25. The Hall–Kier alpha value is -0.530. The van der Waals surface area contributed by atoms with E-state index in [1.54, 1.807) is 5.30 Å². The van der Waals surface area contributed by atoms with E-state index < -0.39 is 0 Å². The van der Waals surface area contributed by atoms with Crippen molar-refractivity contribution in [2.24, 2.45) is 11.8 Å². The number of hydrogen-bond acceptors (Lipinski definition) is 0. The van der Waals surface area contributed by atoms with Crippen molar-refractivity contribution < 1.29 is 35.3 Å². The summed E-state index contributed by atoms with van der Waals surface area (Å²) in [5, 5.41) is 4.41. The smallest absolute Gasteiger partial charge is 1.00 e.